The number of H-pyrrole nitrogens is 1. The molecule has 3 aromatic heterocycles. The van der Waals surface area contributed by atoms with E-state index in [1.54, 1.807) is 29.2 Å². The summed E-state index contributed by atoms with van der Waals surface area (Å²) in [4.78, 5) is 49.5. The first-order valence-corrected chi connectivity index (χ1v) is 10.2. The lowest BCUT2D eigenvalue weighted by atomic mass is 10.1. The summed E-state index contributed by atoms with van der Waals surface area (Å²) in [6.07, 6.45) is 5.14. The van der Waals surface area contributed by atoms with Crippen LogP contribution in [0.5, 0.6) is 0 Å². The molecular formula is C22H18FN7O3. The molecule has 0 radical (unpaired) electrons. The maximum Gasteiger partial charge on any atom is 0.295 e. The van der Waals surface area contributed by atoms with Gasteiger partial charge in [0.15, 0.2) is 11.6 Å². The number of rotatable bonds is 4. The molecule has 166 valence electrons. The van der Waals surface area contributed by atoms with Crippen LogP contribution in [0.15, 0.2) is 55.1 Å². The van der Waals surface area contributed by atoms with Crippen LogP contribution in [-0.2, 0) is 4.79 Å². The number of piperazine rings is 1. The average molecular weight is 447 g/mol. The molecule has 2 amide bonds. The van der Waals surface area contributed by atoms with Crippen molar-refractivity contribution in [3.63, 3.8) is 0 Å². The minimum Gasteiger partial charge on any atom is -0.357 e. The van der Waals surface area contributed by atoms with Gasteiger partial charge >= 0.3 is 0 Å². The number of carbonyl (C=O) groups excluding carboxylic acids is 3. The van der Waals surface area contributed by atoms with Crippen molar-refractivity contribution in [1.29, 1.82) is 0 Å². The number of ketones is 1. The van der Waals surface area contributed by atoms with E-state index in [4.69, 9.17) is 0 Å². The Kier molecular flexibility index (Phi) is 5.13. The Morgan fingerprint density at radius 3 is 2.30 bits per heavy atom. The summed E-state index contributed by atoms with van der Waals surface area (Å²) in [5, 5.41) is 7.91. The van der Waals surface area contributed by atoms with Crippen LogP contribution in [0.2, 0.25) is 0 Å². The van der Waals surface area contributed by atoms with E-state index in [1.165, 1.54) is 28.3 Å². The second-order valence-electron chi connectivity index (χ2n) is 7.48. The minimum absolute atomic E-state index is 0.0476. The molecule has 1 saturated heterocycles. The summed E-state index contributed by atoms with van der Waals surface area (Å²) in [6, 6.07) is 8.87. The van der Waals surface area contributed by atoms with Gasteiger partial charge in [-0.2, -0.15) is 10.2 Å². The van der Waals surface area contributed by atoms with Crippen LogP contribution in [0.4, 0.5) is 4.39 Å². The smallest absolute Gasteiger partial charge is 0.295 e. The first-order chi connectivity index (χ1) is 16.0. The fraction of sp³-hybridized carbons (Fsp3) is 0.182. The van der Waals surface area contributed by atoms with Crippen LogP contribution >= 0.6 is 0 Å². The van der Waals surface area contributed by atoms with Crippen molar-refractivity contribution in [2.24, 2.45) is 0 Å². The molecule has 1 aliphatic heterocycles. The maximum atomic E-state index is 14.6. The standard InChI is InChI=1S/C22H18FN7O3/c23-16-13-25-20(30-26-6-7-27-30)18-17(16)15(12-24-18)19(31)22(33)29-10-8-28(9-11-29)21(32)14-4-2-1-3-5-14/h1-7,12-13,24H,8-11H2. The molecule has 0 spiro atoms. The highest BCUT2D eigenvalue weighted by Crippen LogP contribution is 2.26. The molecule has 4 heterocycles. The number of aromatic nitrogens is 5. The summed E-state index contributed by atoms with van der Waals surface area (Å²) >= 11 is 0. The molecule has 0 bridgehead atoms. The molecule has 0 aliphatic carbocycles. The molecule has 5 rings (SSSR count). The summed E-state index contributed by atoms with van der Waals surface area (Å²) in [5.74, 6) is -2.25. The van der Waals surface area contributed by atoms with Crippen molar-refractivity contribution in [2.75, 3.05) is 26.2 Å². The van der Waals surface area contributed by atoms with Gasteiger partial charge < -0.3 is 14.8 Å². The van der Waals surface area contributed by atoms with E-state index in [-0.39, 0.29) is 41.3 Å². The van der Waals surface area contributed by atoms with E-state index >= 15 is 0 Å². The minimum atomic E-state index is -0.839. The molecule has 10 nitrogen and oxygen atoms in total. The Labute approximate surface area is 186 Å². The fourth-order valence-electron chi connectivity index (χ4n) is 3.89. The zero-order valence-electron chi connectivity index (χ0n) is 17.3. The number of pyridine rings is 1. The number of nitrogens with one attached hydrogen (secondary N) is 1. The number of Topliss-reactive ketones (excluding diaryl/α,β-unsaturated/α-hetero) is 1. The number of benzene rings is 1. The van der Waals surface area contributed by atoms with Gasteiger partial charge in [-0.3, -0.25) is 14.4 Å². The van der Waals surface area contributed by atoms with Crippen LogP contribution < -0.4 is 0 Å². The van der Waals surface area contributed by atoms with Gasteiger partial charge in [0.1, 0.15) is 0 Å². The Bertz CT molecular complexity index is 1340. The second-order valence-corrected chi connectivity index (χ2v) is 7.48. The molecule has 11 heteroatoms. The normalized spacial score (nSPS) is 14.0. The first kappa shape index (κ1) is 20.5. The molecule has 0 atom stereocenters. The van der Waals surface area contributed by atoms with Gasteiger partial charge in [-0.1, -0.05) is 18.2 Å². The molecule has 1 N–H and O–H groups in total. The number of carbonyl (C=O) groups is 3. The van der Waals surface area contributed by atoms with E-state index in [1.807, 2.05) is 6.07 Å². The SMILES string of the molecule is O=C(C(=O)N1CCN(C(=O)c2ccccc2)CC1)c1c[nH]c2c(-n3nccn3)ncc(F)c12. The largest absolute Gasteiger partial charge is 0.357 e. The van der Waals surface area contributed by atoms with E-state index < -0.39 is 17.5 Å². The average Bonchev–Trinajstić information content (AvgIpc) is 3.55. The lowest BCUT2D eigenvalue weighted by Crippen LogP contribution is -2.52. The van der Waals surface area contributed by atoms with Gasteiger partial charge in [-0.25, -0.2) is 9.37 Å². The van der Waals surface area contributed by atoms with Crippen molar-refractivity contribution in [1.82, 2.24) is 34.8 Å². The van der Waals surface area contributed by atoms with Gasteiger partial charge in [-0.15, -0.1) is 4.80 Å². The van der Waals surface area contributed by atoms with Crippen molar-refractivity contribution < 1.29 is 18.8 Å². The quantitative estimate of drug-likeness (QED) is 0.374. The zero-order valence-corrected chi connectivity index (χ0v) is 17.3. The number of hydrogen-bond donors (Lipinski definition) is 1. The van der Waals surface area contributed by atoms with Gasteiger partial charge in [0, 0.05) is 37.9 Å². The second kappa shape index (κ2) is 8.26. The Morgan fingerprint density at radius 2 is 1.61 bits per heavy atom. The number of halogens is 1. The third-order valence-corrected chi connectivity index (χ3v) is 5.56. The number of nitrogens with zero attached hydrogens (tertiary/aromatic N) is 6. The summed E-state index contributed by atoms with van der Waals surface area (Å²) in [6.45, 7) is 1.01. The lowest BCUT2D eigenvalue weighted by Gasteiger charge is -2.34. The van der Waals surface area contributed by atoms with Crippen molar-refractivity contribution >= 4 is 28.5 Å². The summed E-state index contributed by atoms with van der Waals surface area (Å²) in [7, 11) is 0. The van der Waals surface area contributed by atoms with Gasteiger partial charge in [-0.05, 0) is 12.1 Å². The van der Waals surface area contributed by atoms with E-state index in [2.05, 4.69) is 20.2 Å². The zero-order chi connectivity index (χ0) is 22.9. The summed E-state index contributed by atoms with van der Waals surface area (Å²) < 4.78 is 14.6. The lowest BCUT2D eigenvalue weighted by molar-refractivity contribution is -0.127. The first-order valence-electron chi connectivity index (χ1n) is 10.2. The molecule has 1 aliphatic rings. The molecule has 0 saturated carbocycles. The maximum absolute atomic E-state index is 14.6. The highest BCUT2D eigenvalue weighted by atomic mass is 19.1. The predicted molar refractivity (Wildman–Crippen MR) is 114 cm³/mol. The number of fused-ring (bicyclic) bond motifs is 1. The van der Waals surface area contributed by atoms with Crippen molar-refractivity contribution in [3.8, 4) is 5.82 Å². The van der Waals surface area contributed by atoms with Crippen LogP contribution in [0.3, 0.4) is 0 Å². The van der Waals surface area contributed by atoms with E-state index in [0.29, 0.717) is 18.7 Å². The number of amides is 2. The van der Waals surface area contributed by atoms with Gasteiger partial charge in [0.2, 0.25) is 0 Å². The third-order valence-electron chi connectivity index (χ3n) is 5.56. The van der Waals surface area contributed by atoms with Gasteiger partial charge in [0.05, 0.1) is 35.1 Å². The van der Waals surface area contributed by atoms with Crippen molar-refractivity contribution in [2.45, 2.75) is 0 Å². The fourth-order valence-corrected chi connectivity index (χ4v) is 3.89. The Balaban J connectivity index is 1.34. The molecule has 1 fully saturated rings. The topological polar surface area (TPSA) is 117 Å². The van der Waals surface area contributed by atoms with Crippen LogP contribution in [0.25, 0.3) is 16.7 Å². The number of hydrogen-bond acceptors (Lipinski definition) is 6. The molecule has 4 aromatic rings. The van der Waals surface area contributed by atoms with E-state index in [0.717, 1.165) is 6.20 Å². The van der Waals surface area contributed by atoms with Crippen molar-refractivity contribution in [3.05, 3.63) is 72.1 Å². The molecule has 1 aromatic carbocycles. The van der Waals surface area contributed by atoms with Crippen LogP contribution in [0.1, 0.15) is 20.7 Å². The highest BCUT2D eigenvalue weighted by Gasteiger charge is 2.31. The molecule has 33 heavy (non-hydrogen) atoms. The van der Waals surface area contributed by atoms with Crippen LogP contribution in [0, 0.1) is 5.82 Å². The molecule has 0 unspecified atom stereocenters. The number of aromatic amines is 1. The predicted octanol–water partition coefficient (Wildman–Crippen LogP) is 1.45. The van der Waals surface area contributed by atoms with E-state index in [9.17, 15) is 18.8 Å². The van der Waals surface area contributed by atoms with Crippen LogP contribution in [-0.4, -0.2) is 78.5 Å². The third kappa shape index (κ3) is 3.63. The molecular weight excluding hydrogens is 429 g/mol. The monoisotopic (exact) mass is 447 g/mol. The Hall–Kier alpha value is -4.41. The summed E-state index contributed by atoms with van der Waals surface area (Å²) in [5.41, 5.74) is 0.686. The van der Waals surface area contributed by atoms with Gasteiger partial charge in [0.25, 0.3) is 17.6 Å². The Morgan fingerprint density at radius 1 is 0.939 bits per heavy atom. The highest BCUT2D eigenvalue weighted by molar-refractivity contribution is 6.45.